The van der Waals surface area contributed by atoms with Crippen LogP contribution in [0.15, 0.2) is 101 Å². The smallest absolute Gasteiger partial charge is 0.308 e. The fourth-order valence-corrected chi connectivity index (χ4v) is 8.56. The van der Waals surface area contributed by atoms with Crippen molar-refractivity contribution in [1.29, 1.82) is 0 Å². The predicted octanol–water partition coefficient (Wildman–Crippen LogP) is 5.20. The fourth-order valence-electron chi connectivity index (χ4n) is 5.79. The molecule has 0 spiro atoms. The van der Waals surface area contributed by atoms with E-state index in [2.05, 4.69) is 10.3 Å². The Morgan fingerprint density at radius 1 is 0.929 bits per heavy atom. The first-order valence-electron chi connectivity index (χ1n) is 13.4. The summed E-state index contributed by atoms with van der Waals surface area (Å²) in [6.07, 6.45) is 3.32. The molecule has 3 unspecified atom stereocenters. The molecule has 1 saturated heterocycles. The van der Waals surface area contributed by atoms with E-state index in [0.29, 0.717) is 21.3 Å². The first kappa shape index (κ1) is 26.4. The molecule has 0 saturated carbocycles. The monoisotopic (exact) mass is 592 g/mol. The Bertz CT molecular complexity index is 1930. The number of aromatic nitrogens is 2. The molecule has 0 bridgehead atoms. The summed E-state index contributed by atoms with van der Waals surface area (Å²) >= 11 is 2.22. The first-order valence-corrected chi connectivity index (χ1v) is 15.1. The van der Waals surface area contributed by atoms with Gasteiger partial charge >= 0.3 is 4.87 Å². The number of hydrogen-bond donors (Lipinski definition) is 1. The van der Waals surface area contributed by atoms with Gasteiger partial charge in [0.25, 0.3) is 0 Å². The Labute approximate surface area is 249 Å². The number of hydrogen-bond acceptors (Lipinski definition) is 7. The lowest BCUT2D eigenvalue weighted by Gasteiger charge is -2.30. The summed E-state index contributed by atoms with van der Waals surface area (Å²) < 4.78 is 1.43. The first-order chi connectivity index (χ1) is 20.4. The van der Waals surface area contributed by atoms with Crippen LogP contribution < -0.4 is 15.1 Å². The molecule has 42 heavy (non-hydrogen) atoms. The molecule has 3 amide bonds. The molecule has 10 heteroatoms. The zero-order chi connectivity index (χ0) is 29.0. The molecule has 3 aromatic carbocycles. The van der Waals surface area contributed by atoms with Gasteiger partial charge in [0.1, 0.15) is 11.8 Å². The Hall–Kier alpha value is -4.54. The highest BCUT2D eigenvalue weighted by Gasteiger charge is 2.56. The van der Waals surface area contributed by atoms with Gasteiger partial charge in [-0.3, -0.25) is 28.7 Å². The second-order valence-corrected chi connectivity index (χ2v) is 12.5. The quantitative estimate of drug-likeness (QED) is 0.282. The van der Waals surface area contributed by atoms with Gasteiger partial charge in [-0.1, -0.05) is 83.3 Å². The number of nitrogens with one attached hydrogen (secondary N) is 1. The van der Waals surface area contributed by atoms with Crippen molar-refractivity contribution in [2.24, 2.45) is 5.92 Å². The van der Waals surface area contributed by atoms with Crippen molar-refractivity contribution in [3.05, 3.63) is 117 Å². The number of aryl methyl sites for hydroxylation is 1. The van der Waals surface area contributed by atoms with Crippen LogP contribution in [0.25, 0.3) is 10.8 Å². The van der Waals surface area contributed by atoms with Crippen LogP contribution in [0.1, 0.15) is 21.9 Å². The van der Waals surface area contributed by atoms with Gasteiger partial charge in [0.05, 0.1) is 16.6 Å². The zero-order valence-electron chi connectivity index (χ0n) is 22.4. The van der Waals surface area contributed by atoms with Gasteiger partial charge in [-0.25, -0.2) is 4.90 Å². The summed E-state index contributed by atoms with van der Waals surface area (Å²) in [5.74, 6) is -2.25. The molecule has 7 rings (SSSR count). The number of fused-ring (bicyclic) bond motifs is 3. The normalized spacial score (nSPS) is 19.5. The summed E-state index contributed by atoms with van der Waals surface area (Å²) in [4.78, 5) is 60.3. The van der Waals surface area contributed by atoms with E-state index in [1.54, 1.807) is 30.6 Å². The molecule has 5 aromatic rings. The maximum atomic E-state index is 13.9. The van der Waals surface area contributed by atoms with Crippen LogP contribution in [0.2, 0.25) is 0 Å². The maximum Gasteiger partial charge on any atom is 0.308 e. The molecule has 3 atom stereocenters. The molecule has 8 nitrogen and oxygen atoms in total. The Kier molecular flexibility index (Phi) is 6.52. The van der Waals surface area contributed by atoms with Crippen molar-refractivity contribution in [1.82, 2.24) is 9.55 Å². The van der Waals surface area contributed by atoms with Gasteiger partial charge < -0.3 is 5.32 Å². The lowest BCUT2D eigenvalue weighted by atomic mass is 9.84. The van der Waals surface area contributed by atoms with E-state index >= 15 is 0 Å². The lowest BCUT2D eigenvalue weighted by Crippen LogP contribution is -2.33. The van der Waals surface area contributed by atoms with Gasteiger partial charge in [-0.05, 0) is 42.1 Å². The second-order valence-electron chi connectivity index (χ2n) is 10.4. The third kappa shape index (κ3) is 4.34. The van der Waals surface area contributed by atoms with Crippen LogP contribution >= 0.6 is 23.1 Å². The van der Waals surface area contributed by atoms with Crippen LogP contribution in [0, 0.1) is 12.8 Å². The van der Waals surface area contributed by atoms with Crippen LogP contribution in [-0.2, 0) is 20.9 Å². The largest absolute Gasteiger partial charge is 0.324 e. The molecule has 2 aromatic heterocycles. The SMILES string of the molecule is Cc1ccc(N2C(=O)C3Sc4c(sc(=O)n4CC(=O)Nc4cccc5ccccc45)C(c4cccnc4)C3C2=O)cc1. The summed E-state index contributed by atoms with van der Waals surface area (Å²) in [6, 6.07) is 24.3. The van der Waals surface area contributed by atoms with E-state index in [1.807, 2.05) is 67.6 Å². The molecular weight excluding hydrogens is 569 g/mol. The van der Waals surface area contributed by atoms with Gasteiger partial charge in [0.15, 0.2) is 0 Å². The number of thioether (sulfide) groups is 1. The van der Waals surface area contributed by atoms with Crippen LogP contribution in [0.3, 0.4) is 0 Å². The number of rotatable bonds is 5. The minimum atomic E-state index is -0.752. The van der Waals surface area contributed by atoms with E-state index in [9.17, 15) is 19.2 Å². The lowest BCUT2D eigenvalue weighted by molar-refractivity contribution is -0.122. The van der Waals surface area contributed by atoms with E-state index in [-0.39, 0.29) is 29.1 Å². The third-order valence-corrected chi connectivity index (χ3v) is 10.4. The standard InChI is InChI=1S/C32H24N4O4S2/c1-18-11-13-21(14-12-18)36-29(38)26-25(20-8-5-15-33-16-20)28-31(41-27(26)30(36)39)35(32(40)42-28)17-24(37)34-23-10-4-7-19-6-2-3-9-22(19)23/h2-16,25-27H,17H2,1H3,(H,34,37). The molecule has 0 aliphatic carbocycles. The Balaban J connectivity index is 1.27. The highest BCUT2D eigenvalue weighted by molar-refractivity contribution is 8.00. The Morgan fingerprint density at radius 3 is 2.50 bits per heavy atom. The van der Waals surface area contributed by atoms with Gasteiger partial charge in [0, 0.05) is 34.3 Å². The number of carbonyl (C=O) groups is 3. The third-order valence-electron chi connectivity index (χ3n) is 7.75. The average Bonchev–Trinajstić information content (AvgIpc) is 3.44. The van der Waals surface area contributed by atoms with E-state index in [0.717, 1.165) is 33.2 Å². The molecule has 2 aliphatic heterocycles. The highest BCUT2D eigenvalue weighted by atomic mass is 32.2. The summed E-state index contributed by atoms with van der Waals surface area (Å²) in [6.45, 7) is 1.72. The van der Waals surface area contributed by atoms with Crippen LogP contribution in [-0.4, -0.2) is 32.5 Å². The number of nitrogens with zero attached hydrogens (tertiary/aromatic N) is 3. The molecule has 208 valence electrons. The molecule has 1 fully saturated rings. The number of pyridine rings is 1. The maximum absolute atomic E-state index is 13.9. The van der Waals surface area contributed by atoms with E-state index in [1.165, 1.54) is 21.2 Å². The van der Waals surface area contributed by atoms with Crippen LogP contribution in [0.4, 0.5) is 11.4 Å². The number of carbonyl (C=O) groups excluding carboxylic acids is 3. The zero-order valence-corrected chi connectivity index (χ0v) is 24.0. The molecular formula is C32H24N4O4S2. The second kappa shape index (κ2) is 10.4. The Morgan fingerprint density at radius 2 is 1.71 bits per heavy atom. The van der Waals surface area contributed by atoms with Crippen molar-refractivity contribution < 1.29 is 14.4 Å². The number of imide groups is 1. The topological polar surface area (TPSA) is 101 Å². The number of thiazole rings is 1. The van der Waals surface area contributed by atoms with Crippen molar-refractivity contribution >= 4 is 63.0 Å². The number of amides is 3. The van der Waals surface area contributed by atoms with E-state index < -0.39 is 17.1 Å². The average molecular weight is 593 g/mol. The summed E-state index contributed by atoms with van der Waals surface area (Å²) in [7, 11) is 0. The fraction of sp³-hybridized carbons (Fsp3) is 0.156. The number of benzene rings is 3. The van der Waals surface area contributed by atoms with Crippen molar-refractivity contribution in [2.45, 2.75) is 29.7 Å². The molecule has 1 N–H and O–H groups in total. The highest BCUT2D eigenvalue weighted by Crippen LogP contribution is 2.53. The predicted molar refractivity (Wildman–Crippen MR) is 164 cm³/mol. The number of anilines is 2. The van der Waals surface area contributed by atoms with Gasteiger partial charge in [0.2, 0.25) is 17.7 Å². The van der Waals surface area contributed by atoms with Gasteiger partial charge in [-0.15, -0.1) is 0 Å². The molecule has 2 aliphatic rings. The molecule has 0 radical (unpaired) electrons. The molecule has 4 heterocycles. The van der Waals surface area contributed by atoms with Crippen LogP contribution in [0.5, 0.6) is 0 Å². The van der Waals surface area contributed by atoms with E-state index in [4.69, 9.17) is 0 Å². The van der Waals surface area contributed by atoms with Crippen molar-refractivity contribution in [3.8, 4) is 0 Å². The van der Waals surface area contributed by atoms with Crippen molar-refractivity contribution in [3.63, 3.8) is 0 Å². The minimum Gasteiger partial charge on any atom is -0.324 e. The minimum absolute atomic E-state index is 0.220. The van der Waals surface area contributed by atoms with Crippen molar-refractivity contribution in [2.75, 3.05) is 10.2 Å². The summed E-state index contributed by atoms with van der Waals surface area (Å²) in [5.41, 5.74) is 2.94. The summed E-state index contributed by atoms with van der Waals surface area (Å²) in [5, 5.41) is 4.63. The van der Waals surface area contributed by atoms with Gasteiger partial charge in [-0.2, -0.15) is 0 Å².